The van der Waals surface area contributed by atoms with Gasteiger partial charge in [0.2, 0.25) is 0 Å². The van der Waals surface area contributed by atoms with Crippen molar-refractivity contribution in [3.8, 4) is 5.75 Å². The van der Waals surface area contributed by atoms with Crippen LogP contribution in [0.5, 0.6) is 5.75 Å². The fourth-order valence-corrected chi connectivity index (χ4v) is 2.74. The largest absolute Gasteiger partial charge is 0.489 e. The molecular formula is C21H26N2OS. The van der Waals surface area contributed by atoms with Crippen molar-refractivity contribution >= 4 is 23.0 Å². The van der Waals surface area contributed by atoms with Gasteiger partial charge in [0.15, 0.2) is 5.11 Å². The molecule has 1 atom stereocenters. The van der Waals surface area contributed by atoms with Gasteiger partial charge in [-0.15, -0.1) is 0 Å². The molecule has 0 aliphatic rings. The second kappa shape index (κ2) is 10.5. The van der Waals surface area contributed by atoms with Crippen molar-refractivity contribution in [1.82, 2.24) is 5.32 Å². The lowest BCUT2D eigenvalue weighted by Crippen LogP contribution is -2.33. The van der Waals surface area contributed by atoms with E-state index in [1.807, 2.05) is 24.3 Å². The first-order valence-corrected chi connectivity index (χ1v) is 9.04. The third kappa shape index (κ3) is 6.98. The van der Waals surface area contributed by atoms with Crippen LogP contribution in [0.2, 0.25) is 0 Å². The molecule has 0 aliphatic carbocycles. The number of hydrogen-bond acceptors (Lipinski definition) is 2. The van der Waals surface area contributed by atoms with Gasteiger partial charge in [0, 0.05) is 18.3 Å². The number of ether oxygens (including phenoxy) is 1. The Morgan fingerprint density at radius 3 is 2.72 bits per heavy atom. The highest BCUT2D eigenvalue weighted by atomic mass is 32.1. The highest BCUT2D eigenvalue weighted by molar-refractivity contribution is 7.80. The molecule has 3 nitrogen and oxygen atoms in total. The van der Waals surface area contributed by atoms with E-state index in [9.17, 15) is 0 Å². The maximum absolute atomic E-state index is 5.54. The van der Waals surface area contributed by atoms with Gasteiger partial charge in [0.05, 0.1) is 0 Å². The van der Waals surface area contributed by atoms with Gasteiger partial charge >= 0.3 is 0 Å². The fourth-order valence-electron chi connectivity index (χ4n) is 2.54. The van der Waals surface area contributed by atoms with Crippen LogP contribution >= 0.6 is 12.2 Å². The van der Waals surface area contributed by atoms with E-state index in [1.165, 1.54) is 5.56 Å². The molecule has 2 aromatic rings. The van der Waals surface area contributed by atoms with Crippen LogP contribution in [-0.4, -0.2) is 18.3 Å². The summed E-state index contributed by atoms with van der Waals surface area (Å²) in [5, 5.41) is 7.18. The Kier molecular flexibility index (Phi) is 7.99. The second-order valence-electron chi connectivity index (χ2n) is 5.93. The predicted molar refractivity (Wildman–Crippen MR) is 110 cm³/mol. The highest BCUT2D eigenvalue weighted by Crippen LogP contribution is 2.17. The quantitative estimate of drug-likeness (QED) is 0.500. The number of benzene rings is 2. The summed E-state index contributed by atoms with van der Waals surface area (Å²) in [5.41, 5.74) is 2.28. The van der Waals surface area contributed by atoms with Crippen LogP contribution < -0.4 is 15.4 Å². The zero-order valence-electron chi connectivity index (χ0n) is 14.7. The van der Waals surface area contributed by atoms with Crippen LogP contribution in [-0.2, 0) is 6.42 Å². The SMILES string of the molecule is C=CCOc1cccc(NC(=S)NC[C@@H](CC)Cc2ccccc2)c1. The van der Waals surface area contributed by atoms with Crippen LogP contribution in [0.4, 0.5) is 5.69 Å². The minimum atomic E-state index is 0.490. The Balaban J connectivity index is 1.82. The summed E-state index contributed by atoms with van der Waals surface area (Å²) in [6, 6.07) is 18.3. The number of nitrogens with one attached hydrogen (secondary N) is 2. The van der Waals surface area contributed by atoms with Crippen molar-refractivity contribution < 1.29 is 4.74 Å². The van der Waals surface area contributed by atoms with E-state index in [1.54, 1.807) is 6.08 Å². The number of rotatable bonds is 9. The summed E-state index contributed by atoms with van der Waals surface area (Å²) in [6.45, 7) is 7.21. The second-order valence-corrected chi connectivity index (χ2v) is 6.33. The summed E-state index contributed by atoms with van der Waals surface area (Å²) in [6.07, 6.45) is 3.89. The average Bonchev–Trinajstić information content (AvgIpc) is 2.64. The molecule has 2 rings (SSSR count). The van der Waals surface area contributed by atoms with Gasteiger partial charge in [-0.3, -0.25) is 0 Å². The molecule has 0 saturated carbocycles. The van der Waals surface area contributed by atoms with E-state index >= 15 is 0 Å². The van der Waals surface area contributed by atoms with E-state index in [0.717, 1.165) is 30.8 Å². The van der Waals surface area contributed by atoms with E-state index in [0.29, 0.717) is 17.6 Å². The topological polar surface area (TPSA) is 33.3 Å². The molecule has 0 heterocycles. The van der Waals surface area contributed by atoms with E-state index in [2.05, 4.69) is 54.5 Å². The molecule has 2 N–H and O–H groups in total. The third-order valence-corrected chi connectivity index (χ3v) is 4.20. The summed E-state index contributed by atoms with van der Waals surface area (Å²) in [4.78, 5) is 0. The van der Waals surface area contributed by atoms with Crippen molar-refractivity contribution in [2.24, 2.45) is 5.92 Å². The molecule has 0 unspecified atom stereocenters. The summed E-state index contributed by atoms with van der Waals surface area (Å²) >= 11 is 5.42. The first kappa shape index (κ1) is 19.0. The van der Waals surface area contributed by atoms with Gasteiger partial charge in [0.1, 0.15) is 12.4 Å². The Bertz CT molecular complexity index is 673. The minimum Gasteiger partial charge on any atom is -0.489 e. The summed E-state index contributed by atoms with van der Waals surface area (Å²) in [5.74, 6) is 1.34. The average molecular weight is 355 g/mol. The molecule has 0 spiro atoms. The smallest absolute Gasteiger partial charge is 0.170 e. The van der Waals surface area contributed by atoms with Gasteiger partial charge in [0.25, 0.3) is 0 Å². The summed E-state index contributed by atoms with van der Waals surface area (Å²) in [7, 11) is 0. The van der Waals surface area contributed by atoms with E-state index in [4.69, 9.17) is 17.0 Å². The van der Waals surface area contributed by atoms with Gasteiger partial charge in [-0.1, -0.05) is 62.4 Å². The van der Waals surface area contributed by atoms with Crippen molar-refractivity contribution in [2.75, 3.05) is 18.5 Å². The predicted octanol–water partition coefficient (Wildman–Crippen LogP) is 4.81. The molecule has 25 heavy (non-hydrogen) atoms. The minimum absolute atomic E-state index is 0.490. The van der Waals surface area contributed by atoms with Crippen molar-refractivity contribution in [2.45, 2.75) is 19.8 Å². The monoisotopic (exact) mass is 354 g/mol. The Labute approximate surface area is 156 Å². The van der Waals surface area contributed by atoms with Crippen LogP contribution in [0.25, 0.3) is 0 Å². The van der Waals surface area contributed by atoms with Crippen LogP contribution in [0, 0.1) is 5.92 Å². The van der Waals surface area contributed by atoms with E-state index < -0.39 is 0 Å². The molecule has 2 aromatic carbocycles. The van der Waals surface area contributed by atoms with E-state index in [-0.39, 0.29) is 0 Å². The molecule has 0 amide bonds. The van der Waals surface area contributed by atoms with Gasteiger partial charge in [-0.05, 0) is 42.3 Å². The molecule has 0 fully saturated rings. The Hall–Kier alpha value is -2.33. The van der Waals surface area contributed by atoms with Crippen molar-refractivity contribution in [3.05, 3.63) is 72.8 Å². The summed E-state index contributed by atoms with van der Waals surface area (Å²) < 4.78 is 5.54. The van der Waals surface area contributed by atoms with Gasteiger partial charge in [-0.2, -0.15) is 0 Å². The third-order valence-electron chi connectivity index (χ3n) is 3.96. The molecular weight excluding hydrogens is 328 g/mol. The van der Waals surface area contributed by atoms with Crippen LogP contribution in [0.1, 0.15) is 18.9 Å². The fraction of sp³-hybridized carbons (Fsp3) is 0.286. The van der Waals surface area contributed by atoms with Crippen molar-refractivity contribution in [1.29, 1.82) is 0 Å². The Morgan fingerprint density at radius 1 is 1.20 bits per heavy atom. The number of anilines is 1. The molecule has 0 aliphatic heterocycles. The first-order chi connectivity index (χ1) is 12.2. The highest BCUT2D eigenvalue weighted by Gasteiger charge is 2.08. The Morgan fingerprint density at radius 2 is 2.00 bits per heavy atom. The molecule has 132 valence electrons. The maximum atomic E-state index is 5.54. The lowest BCUT2D eigenvalue weighted by Gasteiger charge is -2.18. The van der Waals surface area contributed by atoms with Crippen molar-refractivity contribution in [3.63, 3.8) is 0 Å². The van der Waals surface area contributed by atoms with Crippen LogP contribution in [0.15, 0.2) is 67.3 Å². The number of thiocarbonyl (C=S) groups is 1. The standard InChI is InChI=1S/C21H26N2OS/c1-3-13-24-20-12-8-11-19(15-20)23-21(25)22-16-17(4-2)14-18-9-6-5-7-10-18/h3,5-12,15,17H,1,4,13-14,16H2,2H3,(H2,22,23,25)/t17-/m0/s1. The molecule has 4 heteroatoms. The molecule has 0 bridgehead atoms. The van der Waals surface area contributed by atoms with Crippen LogP contribution in [0.3, 0.4) is 0 Å². The lowest BCUT2D eigenvalue weighted by atomic mass is 9.97. The molecule has 0 radical (unpaired) electrons. The number of hydrogen-bond donors (Lipinski definition) is 2. The maximum Gasteiger partial charge on any atom is 0.170 e. The van der Waals surface area contributed by atoms with Gasteiger partial charge < -0.3 is 15.4 Å². The molecule has 0 saturated heterocycles. The normalized spacial score (nSPS) is 11.4. The zero-order valence-corrected chi connectivity index (χ0v) is 15.5. The molecule has 0 aromatic heterocycles. The van der Waals surface area contributed by atoms with Gasteiger partial charge in [-0.25, -0.2) is 0 Å². The first-order valence-electron chi connectivity index (χ1n) is 8.63. The lowest BCUT2D eigenvalue weighted by molar-refractivity contribution is 0.363. The zero-order chi connectivity index (χ0) is 17.9.